The van der Waals surface area contributed by atoms with E-state index in [-0.39, 0.29) is 24.3 Å². The van der Waals surface area contributed by atoms with Crippen LogP contribution in [0, 0.1) is 11.6 Å². The second-order valence-corrected chi connectivity index (χ2v) is 10.2. The molecule has 3 heterocycles. The molecule has 0 aliphatic carbocycles. The smallest absolute Gasteiger partial charge is 0.283 e. The molecule has 200 valence electrons. The SMILES string of the molecule is CC1Cc2c([nH]c3cc(F)ccc23)C(c2ccc(NC3CN(CCCF)C3)cc2F)N1CC(F)(F)CO. The molecule has 2 unspecified atom stereocenters. The van der Waals surface area contributed by atoms with E-state index in [1.54, 1.807) is 25.1 Å². The molecule has 3 N–H and O–H groups in total. The Morgan fingerprint density at radius 3 is 2.62 bits per heavy atom. The maximum absolute atomic E-state index is 15.6. The average molecular weight is 523 g/mol. The molecular weight excluding hydrogens is 491 g/mol. The molecule has 10 heteroatoms. The molecule has 0 amide bonds. The van der Waals surface area contributed by atoms with Gasteiger partial charge in [-0.05, 0) is 55.7 Å². The van der Waals surface area contributed by atoms with Crippen LogP contribution >= 0.6 is 0 Å². The van der Waals surface area contributed by atoms with Gasteiger partial charge in [0.2, 0.25) is 0 Å². The molecule has 5 nitrogen and oxygen atoms in total. The minimum Gasteiger partial charge on any atom is -0.390 e. The lowest BCUT2D eigenvalue weighted by Crippen LogP contribution is -2.54. The highest BCUT2D eigenvalue weighted by molar-refractivity contribution is 5.85. The standard InChI is InChI=1S/C27H31F5N4O/c1-16-9-22-20-5-3-17(29)10-24(20)34-25(22)26(36(16)14-27(31,32)15-37)21-6-4-18(11-23(21)30)33-19-12-35(13-19)8-2-7-28/h3-6,10-11,16,19,26,33-34,37H,2,7-9,12-15H2,1H3. The zero-order chi connectivity index (χ0) is 26.3. The molecule has 2 aliphatic rings. The van der Waals surface area contributed by atoms with Crippen LogP contribution in [0.4, 0.5) is 27.6 Å². The molecule has 2 aromatic carbocycles. The van der Waals surface area contributed by atoms with Gasteiger partial charge in [0.05, 0.1) is 25.3 Å². The number of alkyl halides is 3. The van der Waals surface area contributed by atoms with Crippen molar-refractivity contribution >= 4 is 16.6 Å². The number of aromatic amines is 1. The maximum Gasteiger partial charge on any atom is 0.283 e. The fraction of sp³-hybridized carbons (Fsp3) is 0.481. The number of hydrogen-bond acceptors (Lipinski definition) is 4. The molecule has 1 aromatic heterocycles. The fourth-order valence-electron chi connectivity index (χ4n) is 5.63. The van der Waals surface area contributed by atoms with E-state index in [9.17, 15) is 22.7 Å². The molecule has 0 bridgehead atoms. The number of nitrogens with zero attached hydrogens (tertiary/aromatic N) is 2. The minimum atomic E-state index is -3.38. The molecule has 0 radical (unpaired) electrons. The third-order valence-corrected chi connectivity index (χ3v) is 7.45. The summed E-state index contributed by atoms with van der Waals surface area (Å²) in [7, 11) is 0. The number of aromatic nitrogens is 1. The Morgan fingerprint density at radius 1 is 1.14 bits per heavy atom. The van der Waals surface area contributed by atoms with Crippen LogP contribution in [0.3, 0.4) is 0 Å². The van der Waals surface area contributed by atoms with Crippen LogP contribution in [-0.4, -0.2) is 77.4 Å². The first-order chi connectivity index (χ1) is 17.7. The summed E-state index contributed by atoms with van der Waals surface area (Å²) in [6.07, 6.45) is 0.908. The van der Waals surface area contributed by atoms with Gasteiger partial charge in [-0.25, -0.2) is 17.6 Å². The van der Waals surface area contributed by atoms with Gasteiger partial charge in [-0.1, -0.05) is 6.07 Å². The van der Waals surface area contributed by atoms with Crippen molar-refractivity contribution in [1.29, 1.82) is 0 Å². The summed E-state index contributed by atoms with van der Waals surface area (Å²) in [4.78, 5) is 6.79. The zero-order valence-corrected chi connectivity index (χ0v) is 20.6. The van der Waals surface area contributed by atoms with Gasteiger partial charge in [0.1, 0.15) is 18.2 Å². The third kappa shape index (κ3) is 5.19. The first kappa shape index (κ1) is 25.9. The molecule has 37 heavy (non-hydrogen) atoms. The predicted molar refractivity (Wildman–Crippen MR) is 133 cm³/mol. The normalized spacial score (nSPS) is 21.3. The highest BCUT2D eigenvalue weighted by Gasteiger charge is 2.42. The summed E-state index contributed by atoms with van der Waals surface area (Å²) >= 11 is 0. The number of anilines is 1. The molecule has 1 fully saturated rings. The Labute approximate surface area is 212 Å². The number of aliphatic hydroxyl groups excluding tert-OH is 1. The van der Waals surface area contributed by atoms with E-state index in [1.807, 2.05) is 0 Å². The van der Waals surface area contributed by atoms with Gasteiger partial charge in [-0.2, -0.15) is 0 Å². The number of halogens is 5. The molecular formula is C27H31F5N4O. The number of likely N-dealkylation sites (tertiary alicyclic amines) is 1. The Morgan fingerprint density at radius 2 is 1.92 bits per heavy atom. The van der Waals surface area contributed by atoms with Crippen molar-refractivity contribution in [2.24, 2.45) is 0 Å². The summed E-state index contributed by atoms with van der Waals surface area (Å²) in [5.74, 6) is -4.36. The largest absolute Gasteiger partial charge is 0.390 e. The van der Waals surface area contributed by atoms with Crippen LogP contribution < -0.4 is 5.32 Å². The number of benzene rings is 2. The zero-order valence-electron chi connectivity index (χ0n) is 20.6. The van der Waals surface area contributed by atoms with Gasteiger partial charge in [0.25, 0.3) is 5.92 Å². The van der Waals surface area contributed by atoms with E-state index in [4.69, 9.17) is 0 Å². The first-order valence-electron chi connectivity index (χ1n) is 12.6. The van der Waals surface area contributed by atoms with Crippen LogP contribution in [0.1, 0.15) is 36.2 Å². The maximum atomic E-state index is 15.6. The highest BCUT2D eigenvalue weighted by atomic mass is 19.3. The van der Waals surface area contributed by atoms with Crippen molar-refractivity contribution in [1.82, 2.24) is 14.8 Å². The van der Waals surface area contributed by atoms with E-state index >= 15 is 4.39 Å². The summed E-state index contributed by atoms with van der Waals surface area (Å²) in [5.41, 5.74) is 2.72. The van der Waals surface area contributed by atoms with Gasteiger partial charge in [0, 0.05) is 53.5 Å². The Hall–Kier alpha value is -2.69. The van der Waals surface area contributed by atoms with Crippen LogP contribution in [0.5, 0.6) is 0 Å². The monoisotopic (exact) mass is 522 g/mol. The minimum absolute atomic E-state index is 0.120. The number of H-pyrrole nitrogens is 1. The topological polar surface area (TPSA) is 54.5 Å². The Kier molecular flexibility index (Phi) is 7.17. The number of fused-ring (bicyclic) bond motifs is 3. The second-order valence-electron chi connectivity index (χ2n) is 10.2. The third-order valence-electron chi connectivity index (χ3n) is 7.45. The predicted octanol–water partition coefficient (Wildman–Crippen LogP) is 4.87. The molecule has 3 aromatic rings. The van der Waals surface area contributed by atoms with Crippen molar-refractivity contribution in [2.45, 2.75) is 43.8 Å². The van der Waals surface area contributed by atoms with Crippen LogP contribution in [0.25, 0.3) is 10.9 Å². The highest BCUT2D eigenvalue weighted by Crippen LogP contribution is 2.43. The van der Waals surface area contributed by atoms with Crippen molar-refractivity contribution in [2.75, 3.05) is 44.8 Å². The van der Waals surface area contributed by atoms with E-state index in [0.717, 1.165) is 24.0 Å². The van der Waals surface area contributed by atoms with Crippen LogP contribution in [0.2, 0.25) is 0 Å². The molecule has 2 atom stereocenters. The number of hydrogen-bond donors (Lipinski definition) is 3. The van der Waals surface area contributed by atoms with Crippen molar-refractivity contribution in [3.8, 4) is 0 Å². The van der Waals surface area contributed by atoms with E-state index in [2.05, 4.69) is 15.2 Å². The lowest BCUT2D eigenvalue weighted by Gasteiger charge is -2.42. The Balaban J connectivity index is 1.47. The summed E-state index contributed by atoms with van der Waals surface area (Å²) in [5, 5.41) is 13.3. The van der Waals surface area contributed by atoms with Crippen LogP contribution in [0.15, 0.2) is 36.4 Å². The number of rotatable bonds is 9. The quantitative estimate of drug-likeness (QED) is 0.351. The molecule has 5 rings (SSSR count). The molecule has 0 saturated carbocycles. The van der Waals surface area contributed by atoms with Gasteiger partial charge in [0.15, 0.2) is 0 Å². The molecule has 1 saturated heterocycles. The Bertz CT molecular complexity index is 1260. The summed E-state index contributed by atoms with van der Waals surface area (Å²) < 4.78 is 70.8. The first-order valence-corrected chi connectivity index (χ1v) is 12.6. The molecule has 0 spiro atoms. The fourth-order valence-corrected chi connectivity index (χ4v) is 5.63. The number of nitrogens with one attached hydrogen (secondary N) is 2. The van der Waals surface area contributed by atoms with Crippen molar-refractivity contribution < 1.29 is 27.1 Å². The van der Waals surface area contributed by atoms with E-state index in [0.29, 0.717) is 36.3 Å². The lowest BCUT2D eigenvalue weighted by molar-refractivity contribution is -0.0866. The van der Waals surface area contributed by atoms with Crippen molar-refractivity contribution in [3.63, 3.8) is 0 Å². The number of aliphatic hydroxyl groups is 1. The van der Waals surface area contributed by atoms with Crippen LogP contribution in [-0.2, 0) is 6.42 Å². The van der Waals surface area contributed by atoms with Gasteiger partial charge < -0.3 is 15.4 Å². The van der Waals surface area contributed by atoms with Gasteiger partial charge in [-0.3, -0.25) is 14.2 Å². The van der Waals surface area contributed by atoms with E-state index in [1.165, 1.54) is 23.1 Å². The van der Waals surface area contributed by atoms with Gasteiger partial charge in [-0.15, -0.1) is 0 Å². The lowest BCUT2D eigenvalue weighted by atomic mass is 9.88. The van der Waals surface area contributed by atoms with E-state index < -0.39 is 36.8 Å². The summed E-state index contributed by atoms with van der Waals surface area (Å²) in [6.45, 7) is 1.54. The summed E-state index contributed by atoms with van der Waals surface area (Å²) in [6, 6.07) is 7.90. The van der Waals surface area contributed by atoms with Crippen molar-refractivity contribution in [3.05, 3.63) is 64.9 Å². The van der Waals surface area contributed by atoms with Gasteiger partial charge >= 0.3 is 0 Å². The average Bonchev–Trinajstić information content (AvgIpc) is 3.18. The second kappa shape index (κ2) is 10.2. The molecule has 2 aliphatic heterocycles.